The summed E-state index contributed by atoms with van der Waals surface area (Å²) in [5.74, 6) is 1.55. The molecule has 0 saturated carbocycles. The van der Waals surface area contributed by atoms with Crippen LogP contribution in [0, 0.1) is 0 Å². The molecule has 2 rings (SSSR count). The van der Waals surface area contributed by atoms with Crippen LogP contribution >= 0.6 is 15.9 Å². The SMILES string of the molecule is COc1cc(C[C@@H]2CCCN2C(=O)OC(C)(C)C)c(OC)cc1Br. The summed E-state index contributed by atoms with van der Waals surface area (Å²) in [4.78, 5) is 14.3. The molecule has 1 amide bonds. The van der Waals surface area contributed by atoms with Gasteiger partial charge in [0.05, 0.1) is 18.7 Å². The molecule has 1 fully saturated rings. The third-order valence-electron chi connectivity index (χ3n) is 4.02. The Kier molecular flexibility index (Phi) is 6.01. The van der Waals surface area contributed by atoms with E-state index in [-0.39, 0.29) is 12.1 Å². The van der Waals surface area contributed by atoms with Gasteiger partial charge < -0.3 is 19.1 Å². The van der Waals surface area contributed by atoms with Gasteiger partial charge in [0.1, 0.15) is 17.1 Å². The first kappa shape index (κ1) is 18.9. The van der Waals surface area contributed by atoms with Gasteiger partial charge in [0.2, 0.25) is 0 Å². The number of carbonyl (C=O) groups excluding carboxylic acids is 1. The number of hydrogen-bond acceptors (Lipinski definition) is 4. The molecule has 6 heteroatoms. The number of hydrogen-bond donors (Lipinski definition) is 0. The zero-order chi connectivity index (χ0) is 17.9. The Labute approximate surface area is 152 Å². The van der Waals surface area contributed by atoms with Crippen LogP contribution in [0.3, 0.4) is 0 Å². The quantitative estimate of drug-likeness (QED) is 0.752. The van der Waals surface area contributed by atoms with Crippen LogP contribution < -0.4 is 9.47 Å². The third-order valence-corrected chi connectivity index (χ3v) is 4.64. The van der Waals surface area contributed by atoms with E-state index in [0.717, 1.165) is 40.9 Å². The summed E-state index contributed by atoms with van der Waals surface area (Å²) in [6.45, 7) is 6.39. The van der Waals surface area contributed by atoms with Crippen molar-refractivity contribution in [3.8, 4) is 11.5 Å². The second kappa shape index (κ2) is 7.64. The lowest BCUT2D eigenvalue weighted by Crippen LogP contribution is -2.40. The molecule has 5 nitrogen and oxygen atoms in total. The fraction of sp³-hybridized carbons (Fsp3) is 0.611. The molecule has 0 spiro atoms. The topological polar surface area (TPSA) is 48.0 Å². The van der Waals surface area contributed by atoms with Crippen molar-refractivity contribution in [2.45, 2.75) is 51.7 Å². The molecule has 134 valence electrons. The van der Waals surface area contributed by atoms with Gasteiger partial charge in [-0.3, -0.25) is 0 Å². The monoisotopic (exact) mass is 399 g/mol. The van der Waals surface area contributed by atoms with Gasteiger partial charge >= 0.3 is 6.09 Å². The van der Waals surface area contributed by atoms with Crippen LogP contribution in [-0.2, 0) is 11.2 Å². The molecule has 1 aromatic rings. The standard InChI is InChI=1S/C18H26BrNO4/c1-18(2,3)24-17(21)20-8-6-7-13(20)9-12-10-16(23-5)14(19)11-15(12)22-4/h10-11,13H,6-9H2,1-5H3/t13-/m0/s1. The van der Waals surface area contributed by atoms with Gasteiger partial charge in [0.15, 0.2) is 0 Å². The van der Waals surface area contributed by atoms with Crippen LogP contribution in [0.25, 0.3) is 0 Å². The van der Waals surface area contributed by atoms with Crippen molar-refractivity contribution in [3.05, 3.63) is 22.2 Å². The maximum atomic E-state index is 12.4. The minimum absolute atomic E-state index is 0.111. The molecular weight excluding hydrogens is 374 g/mol. The number of likely N-dealkylation sites (tertiary alicyclic amines) is 1. The largest absolute Gasteiger partial charge is 0.496 e. The van der Waals surface area contributed by atoms with Crippen molar-refractivity contribution in [1.82, 2.24) is 4.90 Å². The zero-order valence-corrected chi connectivity index (χ0v) is 16.6. The number of methoxy groups -OCH3 is 2. The Morgan fingerprint density at radius 3 is 2.50 bits per heavy atom. The molecule has 1 saturated heterocycles. The first-order valence-electron chi connectivity index (χ1n) is 8.15. The summed E-state index contributed by atoms with van der Waals surface area (Å²) in [5, 5.41) is 0. The molecular formula is C18H26BrNO4. The van der Waals surface area contributed by atoms with Crippen molar-refractivity contribution in [2.75, 3.05) is 20.8 Å². The van der Waals surface area contributed by atoms with E-state index in [1.165, 1.54) is 0 Å². The van der Waals surface area contributed by atoms with Gasteiger partial charge in [-0.1, -0.05) is 0 Å². The lowest BCUT2D eigenvalue weighted by Gasteiger charge is -2.29. The maximum Gasteiger partial charge on any atom is 0.410 e. The second-order valence-electron chi connectivity index (χ2n) is 6.97. The smallest absolute Gasteiger partial charge is 0.410 e. The first-order valence-corrected chi connectivity index (χ1v) is 8.94. The molecule has 0 N–H and O–H groups in total. The molecule has 0 aromatic heterocycles. The molecule has 1 aliphatic rings. The first-order chi connectivity index (χ1) is 11.2. The van der Waals surface area contributed by atoms with Gasteiger partial charge in [-0.25, -0.2) is 4.79 Å². The predicted molar refractivity (Wildman–Crippen MR) is 96.9 cm³/mol. The summed E-state index contributed by atoms with van der Waals surface area (Å²) in [6, 6.07) is 3.98. The fourth-order valence-electron chi connectivity index (χ4n) is 2.95. The molecule has 0 aliphatic carbocycles. The highest BCUT2D eigenvalue weighted by atomic mass is 79.9. The van der Waals surface area contributed by atoms with Gasteiger partial charge in [-0.2, -0.15) is 0 Å². The van der Waals surface area contributed by atoms with E-state index < -0.39 is 5.60 Å². The number of halogens is 1. The molecule has 24 heavy (non-hydrogen) atoms. The highest BCUT2D eigenvalue weighted by Crippen LogP contribution is 2.35. The Balaban J connectivity index is 2.18. The number of amides is 1. The van der Waals surface area contributed by atoms with E-state index in [0.29, 0.717) is 6.42 Å². The van der Waals surface area contributed by atoms with E-state index >= 15 is 0 Å². The highest BCUT2D eigenvalue weighted by Gasteiger charge is 2.32. The minimum atomic E-state index is -0.483. The van der Waals surface area contributed by atoms with Crippen LogP contribution in [0.5, 0.6) is 11.5 Å². The Morgan fingerprint density at radius 2 is 1.92 bits per heavy atom. The normalized spacial score (nSPS) is 17.8. The average Bonchev–Trinajstić information content (AvgIpc) is 2.95. The van der Waals surface area contributed by atoms with E-state index in [9.17, 15) is 4.79 Å². The van der Waals surface area contributed by atoms with Gasteiger partial charge in [0, 0.05) is 12.6 Å². The van der Waals surface area contributed by atoms with E-state index in [1.807, 2.05) is 37.8 Å². The van der Waals surface area contributed by atoms with Crippen molar-refractivity contribution >= 4 is 22.0 Å². The van der Waals surface area contributed by atoms with Crippen LogP contribution in [0.4, 0.5) is 4.79 Å². The van der Waals surface area contributed by atoms with Gasteiger partial charge in [-0.15, -0.1) is 0 Å². The van der Waals surface area contributed by atoms with E-state index in [2.05, 4.69) is 15.9 Å². The predicted octanol–water partition coefficient (Wildman–Crippen LogP) is 4.41. The van der Waals surface area contributed by atoms with E-state index in [1.54, 1.807) is 14.2 Å². The molecule has 1 heterocycles. The number of nitrogens with zero attached hydrogens (tertiary/aromatic N) is 1. The van der Waals surface area contributed by atoms with Crippen molar-refractivity contribution < 1.29 is 19.0 Å². The third kappa shape index (κ3) is 4.56. The average molecular weight is 400 g/mol. The Hall–Kier alpha value is -1.43. The summed E-state index contributed by atoms with van der Waals surface area (Å²) in [7, 11) is 3.29. The molecule has 1 atom stereocenters. The number of rotatable bonds is 4. The highest BCUT2D eigenvalue weighted by molar-refractivity contribution is 9.10. The molecule has 0 unspecified atom stereocenters. The zero-order valence-electron chi connectivity index (χ0n) is 15.0. The number of ether oxygens (including phenoxy) is 3. The number of benzene rings is 1. The lowest BCUT2D eigenvalue weighted by molar-refractivity contribution is 0.0226. The lowest BCUT2D eigenvalue weighted by atomic mass is 10.0. The second-order valence-corrected chi connectivity index (χ2v) is 7.83. The van der Waals surface area contributed by atoms with Crippen LogP contribution in [0.15, 0.2) is 16.6 Å². The van der Waals surface area contributed by atoms with E-state index in [4.69, 9.17) is 14.2 Å². The van der Waals surface area contributed by atoms with Gasteiger partial charge in [0.25, 0.3) is 0 Å². The van der Waals surface area contributed by atoms with Crippen LogP contribution in [0.2, 0.25) is 0 Å². The van der Waals surface area contributed by atoms with Crippen LogP contribution in [0.1, 0.15) is 39.2 Å². The fourth-order valence-corrected chi connectivity index (χ4v) is 3.43. The van der Waals surface area contributed by atoms with Gasteiger partial charge in [-0.05, 0) is 73.7 Å². The Morgan fingerprint density at radius 1 is 1.25 bits per heavy atom. The molecule has 0 radical (unpaired) electrons. The van der Waals surface area contributed by atoms with Crippen molar-refractivity contribution in [2.24, 2.45) is 0 Å². The summed E-state index contributed by atoms with van der Waals surface area (Å²) < 4.78 is 17.3. The van der Waals surface area contributed by atoms with Crippen molar-refractivity contribution in [3.63, 3.8) is 0 Å². The molecule has 0 bridgehead atoms. The maximum absolute atomic E-state index is 12.4. The van der Waals surface area contributed by atoms with Crippen LogP contribution in [-0.4, -0.2) is 43.4 Å². The summed E-state index contributed by atoms with van der Waals surface area (Å²) in [6.07, 6.45) is 2.42. The number of carbonyl (C=O) groups is 1. The molecule has 1 aliphatic heterocycles. The summed E-state index contributed by atoms with van der Waals surface area (Å²) in [5.41, 5.74) is 0.543. The Bertz CT molecular complexity index is 597. The minimum Gasteiger partial charge on any atom is -0.496 e. The van der Waals surface area contributed by atoms with Crippen molar-refractivity contribution in [1.29, 1.82) is 0 Å². The molecule has 1 aromatic carbocycles. The summed E-state index contributed by atoms with van der Waals surface area (Å²) >= 11 is 3.47.